The summed E-state index contributed by atoms with van der Waals surface area (Å²) < 4.78 is 4.85. The van der Waals surface area contributed by atoms with Crippen molar-refractivity contribution < 1.29 is 19.4 Å². The molecule has 0 atom stereocenters. The second-order valence-corrected chi connectivity index (χ2v) is 5.61. The van der Waals surface area contributed by atoms with Crippen LogP contribution in [0.4, 0.5) is 0 Å². The van der Waals surface area contributed by atoms with E-state index in [-0.39, 0.29) is 18.2 Å². The fourth-order valence-electron chi connectivity index (χ4n) is 1.55. The number of hydrogen-bond donors (Lipinski definition) is 1. The van der Waals surface area contributed by atoms with Gasteiger partial charge < -0.3 is 9.84 Å². The largest absolute Gasteiger partial charge is 0.508 e. The fraction of sp³-hybridized carbons (Fsp3) is 0.154. The Morgan fingerprint density at radius 3 is 2.70 bits per heavy atom. The normalized spacial score (nSPS) is 16.9. The third-order valence-electron chi connectivity index (χ3n) is 2.58. The second kappa shape index (κ2) is 6.06. The van der Waals surface area contributed by atoms with Gasteiger partial charge in [-0.05, 0) is 23.8 Å². The Bertz CT molecular complexity index is 595. The Morgan fingerprint density at radius 1 is 1.45 bits per heavy atom. The highest BCUT2D eigenvalue weighted by Gasteiger charge is 2.33. The number of benzene rings is 1. The van der Waals surface area contributed by atoms with Crippen molar-refractivity contribution in [1.82, 2.24) is 4.90 Å². The molecule has 1 saturated heterocycles. The number of esters is 1. The van der Waals surface area contributed by atoms with E-state index < -0.39 is 5.97 Å². The van der Waals surface area contributed by atoms with Crippen molar-refractivity contribution in [3.63, 3.8) is 0 Å². The van der Waals surface area contributed by atoms with Gasteiger partial charge >= 0.3 is 5.97 Å². The average molecular weight is 309 g/mol. The molecular formula is C13H11NO4S2. The van der Waals surface area contributed by atoms with Gasteiger partial charge in [-0.1, -0.05) is 36.1 Å². The monoisotopic (exact) mass is 309 g/mol. The molecule has 1 fully saturated rings. The van der Waals surface area contributed by atoms with Gasteiger partial charge in [-0.2, -0.15) is 0 Å². The maximum atomic E-state index is 12.1. The first kappa shape index (κ1) is 14.5. The van der Waals surface area contributed by atoms with Crippen LogP contribution in [-0.2, 0) is 14.3 Å². The van der Waals surface area contributed by atoms with Gasteiger partial charge in [0.05, 0.1) is 12.0 Å². The fourth-order valence-corrected chi connectivity index (χ4v) is 2.81. The Labute approximate surface area is 125 Å². The molecule has 0 aliphatic carbocycles. The zero-order chi connectivity index (χ0) is 14.7. The van der Waals surface area contributed by atoms with Gasteiger partial charge in [0.25, 0.3) is 5.91 Å². The molecule has 0 radical (unpaired) electrons. The molecule has 1 heterocycles. The molecule has 2 rings (SSSR count). The number of phenolic OH excluding ortho intramolecular Hbond substituents is 1. The number of methoxy groups -OCH3 is 1. The second-order valence-electron chi connectivity index (χ2n) is 3.94. The van der Waals surface area contributed by atoms with E-state index in [2.05, 4.69) is 4.74 Å². The number of nitrogens with zero attached hydrogens (tertiary/aromatic N) is 1. The summed E-state index contributed by atoms with van der Waals surface area (Å²) in [7, 11) is 1.26. The number of carbonyl (C=O) groups excluding carboxylic acids is 2. The van der Waals surface area contributed by atoms with Crippen molar-refractivity contribution in [2.45, 2.75) is 0 Å². The molecule has 0 spiro atoms. The summed E-state index contributed by atoms with van der Waals surface area (Å²) in [5.41, 5.74) is 0.765. The van der Waals surface area contributed by atoms with Gasteiger partial charge in [-0.25, -0.2) is 0 Å². The van der Waals surface area contributed by atoms with Gasteiger partial charge in [0.1, 0.15) is 16.6 Å². The van der Waals surface area contributed by atoms with E-state index in [0.29, 0.717) is 9.23 Å². The predicted molar refractivity (Wildman–Crippen MR) is 80.0 cm³/mol. The minimum absolute atomic E-state index is 0.153. The maximum absolute atomic E-state index is 12.1. The summed E-state index contributed by atoms with van der Waals surface area (Å²) in [6.07, 6.45) is 1.66. The first-order valence-electron chi connectivity index (χ1n) is 5.62. The molecule has 1 aromatic carbocycles. The average Bonchev–Trinajstić information content (AvgIpc) is 2.69. The van der Waals surface area contributed by atoms with Crippen LogP contribution in [0.1, 0.15) is 5.56 Å². The number of hydrogen-bond acceptors (Lipinski definition) is 6. The lowest BCUT2D eigenvalue weighted by Crippen LogP contribution is -2.33. The van der Waals surface area contributed by atoms with Crippen molar-refractivity contribution in [3.05, 3.63) is 34.7 Å². The molecule has 0 saturated carbocycles. The number of carbonyl (C=O) groups is 2. The third-order valence-corrected chi connectivity index (χ3v) is 3.96. The van der Waals surface area contributed by atoms with Crippen molar-refractivity contribution >= 4 is 46.3 Å². The van der Waals surface area contributed by atoms with E-state index in [9.17, 15) is 14.7 Å². The standard InChI is InChI=1S/C13H11NO4S2/c1-18-11(16)7-14-12(17)10(20-13(14)19)6-8-2-4-9(15)5-3-8/h2-6,15H,7H2,1H3/b10-6-. The summed E-state index contributed by atoms with van der Waals surface area (Å²) in [6, 6.07) is 6.42. The summed E-state index contributed by atoms with van der Waals surface area (Å²) in [5, 5.41) is 9.21. The Morgan fingerprint density at radius 2 is 2.10 bits per heavy atom. The van der Waals surface area contributed by atoms with Crippen molar-refractivity contribution in [1.29, 1.82) is 0 Å². The molecule has 104 valence electrons. The van der Waals surface area contributed by atoms with E-state index in [1.807, 2.05) is 0 Å². The van der Waals surface area contributed by atoms with Crippen LogP contribution in [0.3, 0.4) is 0 Å². The molecule has 20 heavy (non-hydrogen) atoms. The Hall–Kier alpha value is -1.86. The van der Waals surface area contributed by atoms with Crippen LogP contribution < -0.4 is 0 Å². The van der Waals surface area contributed by atoms with Gasteiger partial charge in [0.2, 0.25) is 0 Å². The van der Waals surface area contributed by atoms with Gasteiger partial charge in [-0.15, -0.1) is 0 Å². The summed E-state index contributed by atoms with van der Waals surface area (Å²) in [4.78, 5) is 25.0. The van der Waals surface area contributed by atoms with Crippen LogP contribution >= 0.6 is 24.0 Å². The van der Waals surface area contributed by atoms with E-state index >= 15 is 0 Å². The number of amides is 1. The van der Waals surface area contributed by atoms with Crippen LogP contribution in [0, 0.1) is 0 Å². The van der Waals surface area contributed by atoms with Crippen LogP contribution in [0.25, 0.3) is 6.08 Å². The molecule has 0 aromatic heterocycles. The molecule has 1 aliphatic heterocycles. The van der Waals surface area contributed by atoms with Gasteiger partial charge in [-0.3, -0.25) is 14.5 Å². The van der Waals surface area contributed by atoms with Crippen molar-refractivity contribution in [3.8, 4) is 5.75 Å². The molecule has 0 bridgehead atoms. The molecule has 1 aliphatic rings. The summed E-state index contributed by atoms with van der Waals surface area (Å²) in [5.74, 6) is -0.689. The lowest BCUT2D eigenvalue weighted by atomic mass is 10.2. The quantitative estimate of drug-likeness (QED) is 0.521. The number of phenols is 1. The molecule has 7 heteroatoms. The molecule has 1 amide bonds. The van der Waals surface area contributed by atoms with Crippen LogP contribution in [0.2, 0.25) is 0 Å². The van der Waals surface area contributed by atoms with Crippen LogP contribution in [-0.4, -0.2) is 39.9 Å². The zero-order valence-corrected chi connectivity index (χ0v) is 12.2. The van der Waals surface area contributed by atoms with Crippen molar-refractivity contribution in [2.24, 2.45) is 0 Å². The van der Waals surface area contributed by atoms with Crippen LogP contribution in [0.5, 0.6) is 5.75 Å². The first-order valence-corrected chi connectivity index (χ1v) is 6.85. The SMILES string of the molecule is COC(=O)CN1C(=O)/C(=C/c2ccc(O)cc2)SC1=S. The lowest BCUT2D eigenvalue weighted by molar-refractivity contribution is -0.143. The predicted octanol–water partition coefficient (Wildman–Crippen LogP) is 1.77. The highest BCUT2D eigenvalue weighted by atomic mass is 32.2. The highest BCUT2D eigenvalue weighted by Crippen LogP contribution is 2.32. The number of aromatic hydroxyl groups is 1. The summed E-state index contributed by atoms with van der Waals surface area (Å²) >= 11 is 6.21. The minimum atomic E-state index is -0.521. The van der Waals surface area contributed by atoms with E-state index in [0.717, 1.165) is 17.3 Å². The van der Waals surface area contributed by atoms with E-state index in [1.54, 1.807) is 18.2 Å². The molecule has 5 nitrogen and oxygen atoms in total. The maximum Gasteiger partial charge on any atom is 0.325 e. The van der Waals surface area contributed by atoms with E-state index in [4.69, 9.17) is 12.2 Å². The number of rotatable bonds is 3. The number of ether oxygens (including phenoxy) is 1. The van der Waals surface area contributed by atoms with Crippen LogP contribution in [0.15, 0.2) is 29.2 Å². The zero-order valence-electron chi connectivity index (χ0n) is 10.5. The smallest absolute Gasteiger partial charge is 0.325 e. The lowest BCUT2D eigenvalue weighted by Gasteiger charge is -2.11. The molecule has 1 N–H and O–H groups in total. The van der Waals surface area contributed by atoms with Gasteiger partial charge in [0, 0.05) is 0 Å². The molecule has 1 aromatic rings. The van der Waals surface area contributed by atoms with Gasteiger partial charge in [0.15, 0.2) is 0 Å². The number of thioether (sulfide) groups is 1. The number of thiocarbonyl (C=S) groups is 1. The third kappa shape index (κ3) is 3.17. The first-order chi connectivity index (χ1) is 9.51. The highest BCUT2D eigenvalue weighted by molar-refractivity contribution is 8.26. The van der Waals surface area contributed by atoms with Crippen molar-refractivity contribution in [2.75, 3.05) is 13.7 Å². The molecule has 0 unspecified atom stereocenters. The summed E-state index contributed by atoms with van der Waals surface area (Å²) in [6.45, 7) is -0.186. The molecular weight excluding hydrogens is 298 g/mol. The van der Waals surface area contributed by atoms with E-state index in [1.165, 1.54) is 24.1 Å². The Balaban J connectivity index is 2.19. The Kier molecular flexibility index (Phi) is 4.41. The topological polar surface area (TPSA) is 66.8 Å². The minimum Gasteiger partial charge on any atom is -0.508 e.